The molecule has 0 aromatic heterocycles. The van der Waals surface area contributed by atoms with Crippen molar-refractivity contribution in [2.24, 2.45) is 5.41 Å². The van der Waals surface area contributed by atoms with E-state index in [9.17, 15) is 4.79 Å². The number of rotatable bonds is 3. The van der Waals surface area contributed by atoms with Crippen molar-refractivity contribution in [1.82, 2.24) is 10.2 Å². The van der Waals surface area contributed by atoms with E-state index >= 15 is 0 Å². The van der Waals surface area contributed by atoms with Crippen LogP contribution in [0.3, 0.4) is 0 Å². The van der Waals surface area contributed by atoms with Gasteiger partial charge in [0.25, 0.3) is 0 Å². The number of nitrogens with one attached hydrogen (secondary N) is 1. The molecule has 1 amide bonds. The zero-order chi connectivity index (χ0) is 13.9. The summed E-state index contributed by atoms with van der Waals surface area (Å²) in [6.07, 6.45) is 7.85. The molecule has 0 spiro atoms. The summed E-state index contributed by atoms with van der Waals surface area (Å²) in [6, 6.07) is 0.861. The topological polar surface area (TPSA) is 32.3 Å². The molecular weight excluding hydrogens is 236 g/mol. The fourth-order valence-electron chi connectivity index (χ4n) is 4.05. The number of nitrogens with zero attached hydrogens (tertiary/aromatic N) is 1. The fourth-order valence-corrected chi connectivity index (χ4v) is 4.05. The summed E-state index contributed by atoms with van der Waals surface area (Å²) in [5, 5.41) is 3.41. The van der Waals surface area contributed by atoms with Crippen molar-refractivity contribution in [1.29, 1.82) is 0 Å². The summed E-state index contributed by atoms with van der Waals surface area (Å²) in [5.74, 6) is 0.454. The van der Waals surface area contributed by atoms with Gasteiger partial charge < -0.3 is 10.2 Å². The molecule has 2 heterocycles. The van der Waals surface area contributed by atoms with Gasteiger partial charge >= 0.3 is 0 Å². The zero-order valence-corrected chi connectivity index (χ0v) is 12.9. The van der Waals surface area contributed by atoms with Crippen molar-refractivity contribution in [2.75, 3.05) is 13.1 Å². The van der Waals surface area contributed by atoms with Gasteiger partial charge in [0, 0.05) is 12.1 Å². The van der Waals surface area contributed by atoms with E-state index in [0.717, 1.165) is 38.8 Å². The van der Waals surface area contributed by atoms with Crippen molar-refractivity contribution in [3.05, 3.63) is 0 Å². The highest BCUT2D eigenvalue weighted by Gasteiger charge is 2.44. The van der Waals surface area contributed by atoms with Crippen LogP contribution in [0.1, 0.15) is 65.7 Å². The molecule has 2 fully saturated rings. The van der Waals surface area contributed by atoms with Crippen LogP contribution >= 0.6 is 0 Å². The van der Waals surface area contributed by atoms with E-state index in [0.29, 0.717) is 18.0 Å². The number of carbonyl (C=O) groups excluding carboxylic acids is 1. The molecule has 19 heavy (non-hydrogen) atoms. The number of likely N-dealkylation sites (tertiary alicyclic amines) is 1. The molecule has 2 saturated heterocycles. The lowest BCUT2D eigenvalue weighted by atomic mass is 9.73. The van der Waals surface area contributed by atoms with Gasteiger partial charge in [0.2, 0.25) is 5.91 Å². The number of hydrogen-bond donors (Lipinski definition) is 1. The number of piperidine rings is 2. The molecule has 0 bridgehead atoms. The maximum atomic E-state index is 13.2. The van der Waals surface area contributed by atoms with Gasteiger partial charge in [-0.05, 0) is 65.5 Å². The monoisotopic (exact) mass is 266 g/mol. The minimum Gasteiger partial charge on any atom is -0.337 e. The maximum Gasteiger partial charge on any atom is 0.229 e. The van der Waals surface area contributed by atoms with Gasteiger partial charge in [0.15, 0.2) is 0 Å². The van der Waals surface area contributed by atoms with Gasteiger partial charge in [-0.15, -0.1) is 0 Å². The van der Waals surface area contributed by atoms with E-state index in [1.165, 1.54) is 19.3 Å². The summed E-state index contributed by atoms with van der Waals surface area (Å²) in [7, 11) is 0. The molecular formula is C16H30N2O. The second kappa shape index (κ2) is 6.25. The minimum atomic E-state index is -0.0696. The van der Waals surface area contributed by atoms with E-state index in [2.05, 4.69) is 31.0 Å². The highest BCUT2D eigenvalue weighted by molar-refractivity contribution is 5.83. The fraction of sp³-hybridized carbons (Fsp3) is 0.938. The molecule has 110 valence electrons. The van der Waals surface area contributed by atoms with E-state index < -0.39 is 0 Å². The molecule has 0 aliphatic carbocycles. The highest BCUT2D eigenvalue weighted by atomic mass is 16.2. The lowest BCUT2D eigenvalue weighted by Crippen LogP contribution is -2.56. The van der Waals surface area contributed by atoms with Crippen molar-refractivity contribution >= 4 is 5.91 Å². The van der Waals surface area contributed by atoms with E-state index in [1.54, 1.807) is 0 Å². The Hall–Kier alpha value is -0.570. The summed E-state index contributed by atoms with van der Waals surface area (Å²) in [6.45, 7) is 8.67. The first-order valence-electron chi connectivity index (χ1n) is 8.14. The Bertz CT molecular complexity index is 294. The molecule has 2 unspecified atom stereocenters. The van der Waals surface area contributed by atoms with Crippen LogP contribution in [0.25, 0.3) is 0 Å². The second-order valence-corrected chi connectivity index (χ2v) is 6.62. The largest absolute Gasteiger partial charge is 0.337 e. The van der Waals surface area contributed by atoms with Crippen LogP contribution in [0.15, 0.2) is 0 Å². The third-order valence-corrected chi connectivity index (χ3v) is 5.17. The van der Waals surface area contributed by atoms with Crippen LogP contribution in [0.4, 0.5) is 0 Å². The first-order chi connectivity index (χ1) is 9.10. The van der Waals surface area contributed by atoms with Crippen LogP contribution in [0.2, 0.25) is 0 Å². The van der Waals surface area contributed by atoms with Gasteiger partial charge in [-0.1, -0.05) is 13.3 Å². The van der Waals surface area contributed by atoms with Crippen LogP contribution in [-0.4, -0.2) is 36.0 Å². The average Bonchev–Trinajstić information content (AvgIpc) is 2.40. The summed E-state index contributed by atoms with van der Waals surface area (Å²) < 4.78 is 0. The van der Waals surface area contributed by atoms with Crippen LogP contribution in [0.5, 0.6) is 0 Å². The number of hydrogen-bond acceptors (Lipinski definition) is 2. The average molecular weight is 266 g/mol. The Balaban J connectivity index is 2.18. The van der Waals surface area contributed by atoms with Crippen LogP contribution in [0, 0.1) is 5.41 Å². The van der Waals surface area contributed by atoms with E-state index in [1.807, 2.05) is 0 Å². The summed E-state index contributed by atoms with van der Waals surface area (Å²) >= 11 is 0. The molecule has 1 N–H and O–H groups in total. The summed E-state index contributed by atoms with van der Waals surface area (Å²) in [5.41, 5.74) is -0.0696. The van der Waals surface area contributed by atoms with Crippen LogP contribution < -0.4 is 5.32 Å². The Morgan fingerprint density at radius 3 is 2.32 bits per heavy atom. The SMILES string of the molecule is CCCC1(C(=O)N2C(C)CCCC2C)CCNCC1. The van der Waals surface area contributed by atoms with Crippen molar-refractivity contribution in [2.45, 2.75) is 77.8 Å². The normalized spacial score (nSPS) is 31.2. The minimum absolute atomic E-state index is 0.0696. The van der Waals surface area contributed by atoms with E-state index in [-0.39, 0.29) is 5.41 Å². The first kappa shape index (κ1) is 14.8. The molecule has 0 radical (unpaired) electrons. The Labute approximate surface area is 118 Å². The third-order valence-electron chi connectivity index (χ3n) is 5.17. The highest BCUT2D eigenvalue weighted by Crippen LogP contribution is 2.38. The number of amides is 1. The van der Waals surface area contributed by atoms with E-state index in [4.69, 9.17) is 0 Å². The Morgan fingerprint density at radius 2 is 1.79 bits per heavy atom. The van der Waals surface area contributed by atoms with Crippen LogP contribution in [-0.2, 0) is 4.79 Å². The Morgan fingerprint density at radius 1 is 1.21 bits per heavy atom. The molecule has 0 saturated carbocycles. The molecule has 2 aliphatic rings. The van der Waals surface area contributed by atoms with Crippen molar-refractivity contribution in [3.63, 3.8) is 0 Å². The van der Waals surface area contributed by atoms with Gasteiger partial charge in [0.05, 0.1) is 5.41 Å². The molecule has 0 aromatic carbocycles. The predicted molar refractivity (Wildman–Crippen MR) is 79.1 cm³/mol. The zero-order valence-electron chi connectivity index (χ0n) is 12.9. The molecule has 2 aliphatic heterocycles. The molecule has 3 heteroatoms. The smallest absolute Gasteiger partial charge is 0.229 e. The molecule has 2 rings (SSSR count). The number of carbonyl (C=O) groups is 1. The van der Waals surface area contributed by atoms with Gasteiger partial charge in [0.1, 0.15) is 0 Å². The van der Waals surface area contributed by atoms with Gasteiger partial charge in [-0.3, -0.25) is 4.79 Å². The lowest BCUT2D eigenvalue weighted by Gasteiger charge is -2.46. The van der Waals surface area contributed by atoms with Crippen molar-refractivity contribution < 1.29 is 4.79 Å². The first-order valence-corrected chi connectivity index (χ1v) is 8.14. The molecule has 2 atom stereocenters. The van der Waals surface area contributed by atoms with Crippen molar-refractivity contribution in [3.8, 4) is 0 Å². The second-order valence-electron chi connectivity index (χ2n) is 6.62. The predicted octanol–water partition coefficient (Wildman–Crippen LogP) is 2.95. The molecule has 3 nitrogen and oxygen atoms in total. The maximum absolute atomic E-state index is 13.2. The lowest BCUT2D eigenvalue weighted by molar-refractivity contribution is -0.151. The third kappa shape index (κ3) is 2.96. The summed E-state index contributed by atoms with van der Waals surface area (Å²) in [4.78, 5) is 15.4. The van der Waals surface area contributed by atoms with Gasteiger partial charge in [-0.25, -0.2) is 0 Å². The molecule has 0 aromatic rings. The van der Waals surface area contributed by atoms with Gasteiger partial charge in [-0.2, -0.15) is 0 Å². The standard InChI is InChI=1S/C16H30N2O/c1-4-8-16(9-11-17-12-10-16)15(19)18-13(2)6-5-7-14(18)3/h13-14,17H,4-12H2,1-3H3. The Kier molecular flexibility index (Phi) is 4.88. The quantitative estimate of drug-likeness (QED) is 0.852.